The van der Waals surface area contributed by atoms with Gasteiger partial charge >= 0.3 is 0 Å². The lowest BCUT2D eigenvalue weighted by Crippen LogP contribution is -2.30. The van der Waals surface area contributed by atoms with E-state index in [4.69, 9.17) is 10.3 Å². The Bertz CT molecular complexity index is 552. The lowest BCUT2D eigenvalue weighted by atomic mass is 10.0. The number of thiophene rings is 1. The van der Waals surface area contributed by atoms with Crippen molar-refractivity contribution >= 4 is 11.3 Å². The van der Waals surface area contributed by atoms with Gasteiger partial charge in [0.1, 0.15) is 0 Å². The molecule has 5 nitrogen and oxygen atoms in total. The van der Waals surface area contributed by atoms with Gasteiger partial charge in [0.15, 0.2) is 0 Å². The summed E-state index contributed by atoms with van der Waals surface area (Å²) >= 11 is 1.63. The Morgan fingerprint density at radius 3 is 3.19 bits per heavy atom. The Morgan fingerprint density at radius 2 is 2.48 bits per heavy atom. The van der Waals surface area contributed by atoms with Gasteiger partial charge in [0.05, 0.1) is 4.88 Å². The Hall–Kier alpha value is -1.24. The molecule has 0 radical (unpaired) electrons. The first kappa shape index (κ1) is 14.7. The second-order valence-corrected chi connectivity index (χ2v) is 6.75. The minimum atomic E-state index is 0.305. The van der Waals surface area contributed by atoms with Gasteiger partial charge in [-0.25, -0.2) is 0 Å². The largest absolute Gasteiger partial charge is 0.339 e. The maximum absolute atomic E-state index is 5.97. The van der Waals surface area contributed by atoms with E-state index in [2.05, 4.69) is 22.0 Å². The molecule has 2 atom stereocenters. The molecule has 2 aromatic rings. The molecular weight excluding hydrogens is 284 g/mol. The molecule has 0 aromatic carbocycles. The molecule has 1 fully saturated rings. The van der Waals surface area contributed by atoms with Gasteiger partial charge in [-0.2, -0.15) is 4.98 Å². The van der Waals surface area contributed by atoms with Crippen molar-refractivity contribution in [1.82, 2.24) is 15.0 Å². The minimum Gasteiger partial charge on any atom is -0.339 e. The Kier molecular flexibility index (Phi) is 4.67. The van der Waals surface area contributed by atoms with Gasteiger partial charge in [0.25, 0.3) is 0 Å². The fraction of sp³-hybridized carbons (Fsp3) is 0.600. The van der Waals surface area contributed by atoms with Crippen molar-refractivity contribution < 1.29 is 4.52 Å². The second kappa shape index (κ2) is 6.68. The number of aromatic nitrogens is 2. The summed E-state index contributed by atoms with van der Waals surface area (Å²) in [5, 5.41) is 6.06. The van der Waals surface area contributed by atoms with E-state index in [9.17, 15) is 0 Å². The van der Waals surface area contributed by atoms with E-state index in [1.165, 1.54) is 6.42 Å². The highest BCUT2D eigenvalue weighted by Crippen LogP contribution is 2.22. The number of aryl methyl sites for hydroxylation is 1. The van der Waals surface area contributed by atoms with Crippen LogP contribution in [0.1, 0.15) is 25.7 Å². The SMILES string of the molecule is CC(N)C1CCN(CCCc2nc(-c3cccs3)no2)C1. The van der Waals surface area contributed by atoms with E-state index in [0.717, 1.165) is 43.2 Å². The molecule has 21 heavy (non-hydrogen) atoms. The van der Waals surface area contributed by atoms with E-state index in [1.807, 2.05) is 17.5 Å². The van der Waals surface area contributed by atoms with Crippen LogP contribution in [-0.4, -0.2) is 40.7 Å². The highest BCUT2D eigenvalue weighted by atomic mass is 32.1. The average molecular weight is 306 g/mol. The molecule has 3 rings (SSSR count). The molecule has 3 heterocycles. The molecule has 1 aliphatic rings. The molecule has 6 heteroatoms. The van der Waals surface area contributed by atoms with Crippen LogP contribution < -0.4 is 5.73 Å². The third-order valence-electron chi connectivity index (χ3n) is 4.13. The maximum atomic E-state index is 5.97. The van der Waals surface area contributed by atoms with Gasteiger partial charge in [-0.05, 0) is 50.2 Å². The van der Waals surface area contributed by atoms with Gasteiger partial charge in [-0.3, -0.25) is 0 Å². The average Bonchev–Trinajstić information content (AvgIpc) is 3.20. The zero-order valence-corrected chi connectivity index (χ0v) is 13.2. The molecule has 2 aromatic heterocycles. The number of rotatable bonds is 6. The summed E-state index contributed by atoms with van der Waals surface area (Å²) in [7, 11) is 0. The van der Waals surface area contributed by atoms with Crippen molar-refractivity contribution in [2.24, 2.45) is 11.7 Å². The molecule has 1 saturated heterocycles. The van der Waals surface area contributed by atoms with Gasteiger partial charge in [0.2, 0.25) is 11.7 Å². The maximum Gasteiger partial charge on any atom is 0.227 e. The van der Waals surface area contributed by atoms with Crippen LogP contribution in [0.5, 0.6) is 0 Å². The first-order valence-corrected chi connectivity index (χ1v) is 8.45. The summed E-state index contributed by atoms with van der Waals surface area (Å²) in [6.07, 6.45) is 3.12. The molecule has 114 valence electrons. The number of hydrogen-bond acceptors (Lipinski definition) is 6. The first-order chi connectivity index (χ1) is 10.2. The summed E-state index contributed by atoms with van der Waals surface area (Å²) in [6.45, 7) is 5.48. The minimum absolute atomic E-state index is 0.305. The highest BCUT2D eigenvalue weighted by molar-refractivity contribution is 7.13. The highest BCUT2D eigenvalue weighted by Gasteiger charge is 2.24. The second-order valence-electron chi connectivity index (χ2n) is 5.80. The predicted octanol–water partition coefficient (Wildman–Crippen LogP) is 2.40. The number of nitrogens with zero attached hydrogens (tertiary/aromatic N) is 3. The summed E-state index contributed by atoms with van der Waals surface area (Å²) in [5.41, 5.74) is 5.97. The fourth-order valence-corrected chi connectivity index (χ4v) is 3.46. The summed E-state index contributed by atoms with van der Waals surface area (Å²) in [4.78, 5) is 8.00. The fourth-order valence-electron chi connectivity index (χ4n) is 2.81. The van der Waals surface area contributed by atoms with E-state index in [1.54, 1.807) is 11.3 Å². The molecule has 0 spiro atoms. The summed E-state index contributed by atoms with van der Waals surface area (Å²) < 4.78 is 5.32. The molecule has 1 aliphatic heterocycles. The Labute approximate surface area is 129 Å². The van der Waals surface area contributed by atoms with Crippen LogP contribution in [-0.2, 0) is 6.42 Å². The number of hydrogen-bond donors (Lipinski definition) is 1. The summed E-state index contributed by atoms with van der Waals surface area (Å²) in [6, 6.07) is 4.31. The van der Waals surface area contributed by atoms with Gasteiger partial charge in [-0.15, -0.1) is 11.3 Å². The zero-order valence-electron chi connectivity index (χ0n) is 12.4. The topological polar surface area (TPSA) is 68.2 Å². The Balaban J connectivity index is 1.44. The van der Waals surface area contributed by atoms with Crippen LogP contribution in [0.15, 0.2) is 22.0 Å². The van der Waals surface area contributed by atoms with Crippen LogP contribution in [0.4, 0.5) is 0 Å². The number of likely N-dealkylation sites (tertiary alicyclic amines) is 1. The standard InChI is InChI=1S/C15H22N4OS/c1-11(16)12-6-8-19(10-12)7-2-5-14-17-15(18-20-14)13-4-3-9-21-13/h3-4,9,11-12H,2,5-8,10,16H2,1H3. The van der Waals surface area contributed by atoms with E-state index in [0.29, 0.717) is 17.8 Å². The van der Waals surface area contributed by atoms with Crippen LogP contribution >= 0.6 is 11.3 Å². The molecule has 2 N–H and O–H groups in total. The zero-order chi connectivity index (χ0) is 14.7. The third-order valence-corrected chi connectivity index (χ3v) is 4.99. The van der Waals surface area contributed by atoms with Crippen molar-refractivity contribution in [2.75, 3.05) is 19.6 Å². The van der Waals surface area contributed by atoms with Gasteiger partial charge < -0.3 is 15.2 Å². The lowest BCUT2D eigenvalue weighted by molar-refractivity contribution is 0.302. The third kappa shape index (κ3) is 3.70. The Morgan fingerprint density at radius 1 is 1.57 bits per heavy atom. The quantitative estimate of drug-likeness (QED) is 0.887. The van der Waals surface area contributed by atoms with Crippen molar-refractivity contribution in [1.29, 1.82) is 0 Å². The van der Waals surface area contributed by atoms with Crippen molar-refractivity contribution in [3.8, 4) is 10.7 Å². The van der Waals surface area contributed by atoms with Crippen LogP contribution in [0.2, 0.25) is 0 Å². The van der Waals surface area contributed by atoms with Gasteiger partial charge in [0, 0.05) is 19.0 Å². The summed E-state index contributed by atoms with van der Waals surface area (Å²) in [5.74, 6) is 2.10. The normalized spacial score (nSPS) is 21.0. The van der Waals surface area contributed by atoms with Gasteiger partial charge in [-0.1, -0.05) is 11.2 Å². The lowest BCUT2D eigenvalue weighted by Gasteiger charge is -2.17. The monoisotopic (exact) mass is 306 g/mol. The molecule has 0 amide bonds. The van der Waals surface area contributed by atoms with E-state index >= 15 is 0 Å². The molecule has 0 aliphatic carbocycles. The number of nitrogens with two attached hydrogens (primary N) is 1. The van der Waals surface area contributed by atoms with Crippen molar-refractivity contribution in [3.63, 3.8) is 0 Å². The first-order valence-electron chi connectivity index (χ1n) is 7.57. The smallest absolute Gasteiger partial charge is 0.227 e. The van der Waals surface area contributed by atoms with Crippen LogP contribution in [0.25, 0.3) is 10.7 Å². The van der Waals surface area contributed by atoms with Crippen LogP contribution in [0.3, 0.4) is 0 Å². The molecule has 0 bridgehead atoms. The van der Waals surface area contributed by atoms with Crippen LogP contribution in [0, 0.1) is 5.92 Å². The molecule has 2 unspecified atom stereocenters. The van der Waals surface area contributed by atoms with Crippen molar-refractivity contribution in [2.45, 2.75) is 32.2 Å². The van der Waals surface area contributed by atoms with Crippen molar-refractivity contribution in [3.05, 3.63) is 23.4 Å². The predicted molar refractivity (Wildman–Crippen MR) is 84.1 cm³/mol. The van der Waals surface area contributed by atoms with E-state index < -0.39 is 0 Å². The van der Waals surface area contributed by atoms with E-state index in [-0.39, 0.29) is 0 Å². The molecular formula is C15H22N4OS. The molecule has 0 saturated carbocycles.